The van der Waals surface area contributed by atoms with Crippen molar-refractivity contribution in [3.63, 3.8) is 0 Å². The van der Waals surface area contributed by atoms with Crippen molar-refractivity contribution in [3.05, 3.63) is 0 Å². The van der Waals surface area contributed by atoms with Crippen LogP contribution in [0.3, 0.4) is 0 Å². The summed E-state index contributed by atoms with van der Waals surface area (Å²) in [5.74, 6) is 0.619. The Labute approximate surface area is 73.2 Å². The summed E-state index contributed by atoms with van der Waals surface area (Å²) in [6.07, 6.45) is 0.742. The molecule has 0 spiro atoms. The summed E-state index contributed by atoms with van der Waals surface area (Å²) in [4.78, 5) is 0. The minimum Gasteiger partial charge on any atom is -0.383 e. The molecule has 5 heteroatoms. The van der Waals surface area contributed by atoms with Gasteiger partial charge in [-0.2, -0.15) is 0 Å². The van der Waals surface area contributed by atoms with Gasteiger partial charge in [-0.1, -0.05) is 0 Å². The number of ether oxygens (including phenoxy) is 1. The van der Waals surface area contributed by atoms with Gasteiger partial charge in [0.15, 0.2) is 9.84 Å². The molecule has 1 atom stereocenters. The van der Waals surface area contributed by atoms with Crippen molar-refractivity contribution in [1.29, 1.82) is 0 Å². The van der Waals surface area contributed by atoms with Gasteiger partial charge in [0.25, 0.3) is 0 Å². The largest absolute Gasteiger partial charge is 0.383 e. The number of sulfone groups is 1. The molecule has 1 N–H and O–H groups in total. The van der Waals surface area contributed by atoms with Crippen molar-refractivity contribution in [2.75, 3.05) is 31.8 Å². The molecule has 4 nitrogen and oxygen atoms in total. The fraction of sp³-hybridized carbons (Fsp3) is 1.00. The standard InChI is InChI=1S/C7H15NO3S/c1-11-4-3-8-7-2-5-12(9,10)6-7/h7-8H,2-6H2,1H3/t7-/m0/s1. The van der Waals surface area contributed by atoms with E-state index in [9.17, 15) is 8.42 Å². The quantitative estimate of drug-likeness (QED) is 0.606. The van der Waals surface area contributed by atoms with E-state index < -0.39 is 9.84 Å². The molecule has 1 heterocycles. The lowest BCUT2D eigenvalue weighted by molar-refractivity contribution is 0.196. The van der Waals surface area contributed by atoms with E-state index in [0.29, 0.717) is 12.4 Å². The Kier molecular flexibility index (Phi) is 3.49. The highest BCUT2D eigenvalue weighted by atomic mass is 32.2. The Balaban J connectivity index is 2.20. The fourth-order valence-corrected chi connectivity index (χ4v) is 3.03. The van der Waals surface area contributed by atoms with Crippen LogP contribution in [0.5, 0.6) is 0 Å². The first kappa shape index (κ1) is 9.95. The Morgan fingerprint density at radius 2 is 2.33 bits per heavy atom. The molecule has 72 valence electrons. The molecular formula is C7H15NO3S. The van der Waals surface area contributed by atoms with Gasteiger partial charge in [0.1, 0.15) is 0 Å². The van der Waals surface area contributed by atoms with E-state index in [1.165, 1.54) is 0 Å². The van der Waals surface area contributed by atoms with E-state index in [-0.39, 0.29) is 11.8 Å². The Bertz CT molecular complexity index is 225. The van der Waals surface area contributed by atoms with Crippen LogP contribution >= 0.6 is 0 Å². The second-order valence-electron chi connectivity index (χ2n) is 3.05. The normalized spacial score (nSPS) is 27.6. The van der Waals surface area contributed by atoms with Gasteiger partial charge < -0.3 is 10.1 Å². The highest BCUT2D eigenvalue weighted by molar-refractivity contribution is 7.91. The molecule has 0 bridgehead atoms. The van der Waals surface area contributed by atoms with Crippen LogP contribution in [0.1, 0.15) is 6.42 Å². The molecule has 0 aliphatic carbocycles. The van der Waals surface area contributed by atoms with Gasteiger partial charge in [-0.15, -0.1) is 0 Å². The topological polar surface area (TPSA) is 55.4 Å². The lowest BCUT2D eigenvalue weighted by atomic mass is 10.3. The second-order valence-corrected chi connectivity index (χ2v) is 5.28. The van der Waals surface area contributed by atoms with Crippen molar-refractivity contribution >= 4 is 9.84 Å². The van der Waals surface area contributed by atoms with Gasteiger partial charge >= 0.3 is 0 Å². The van der Waals surface area contributed by atoms with Crippen LogP contribution in [-0.2, 0) is 14.6 Å². The molecule has 0 aromatic carbocycles. The summed E-state index contributed by atoms with van der Waals surface area (Å²) in [5.41, 5.74) is 0. The minimum absolute atomic E-state index is 0.144. The molecule has 0 radical (unpaired) electrons. The SMILES string of the molecule is COCCN[C@H]1CCS(=O)(=O)C1. The van der Waals surface area contributed by atoms with E-state index in [0.717, 1.165) is 13.0 Å². The van der Waals surface area contributed by atoms with Crippen molar-refractivity contribution in [2.45, 2.75) is 12.5 Å². The van der Waals surface area contributed by atoms with Crippen molar-refractivity contribution in [2.24, 2.45) is 0 Å². The van der Waals surface area contributed by atoms with E-state index in [1.807, 2.05) is 0 Å². The van der Waals surface area contributed by atoms with Crippen molar-refractivity contribution < 1.29 is 13.2 Å². The first-order valence-electron chi connectivity index (χ1n) is 4.07. The predicted molar refractivity (Wildman–Crippen MR) is 46.9 cm³/mol. The maximum atomic E-state index is 11.0. The zero-order chi connectivity index (χ0) is 9.03. The Morgan fingerprint density at radius 3 is 2.83 bits per heavy atom. The molecule has 12 heavy (non-hydrogen) atoms. The smallest absolute Gasteiger partial charge is 0.151 e. The number of rotatable bonds is 4. The van der Waals surface area contributed by atoms with Gasteiger partial charge in [-0.25, -0.2) is 8.42 Å². The monoisotopic (exact) mass is 193 g/mol. The summed E-state index contributed by atoms with van der Waals surface area (Å²) in [5, 5.41) is 3.13. The Hall–Kier alpha value is -0.130. The molecule has 1 aliphatic heterocycles. The molecule has 1 aliphatic rings. The molecule has 0 aromatic heterocycles. The average Bonchev–Trinajstić information content (AvgIpc) is 2.31. The predicted octanol–water partition coefficient (Wildman–Crippen LogP) is -0.590. The molecular weight excluding hydrogens is 178 g/mol. The van der Waals surface area contributed by atoms with Crippen LogP contribution < -0.4 is 5.32 Å². The highest BCUT2D eigenvalue weighted by Gasteiger charge is 2.26. The second kappa shape index (κ2) is 4.20. The van der Waals surface area contributed by atoms with Crippen molar-refractivity contribution in [3.8, 4) is 0 Å². The van der Waals surface area contributed by atoms with E-state index in [4.69, 9.17) is 4.74 Å². The molecule has 0 amide bonds. The van der Waals surface area contributed by atoms with E-state index in [2.05, 4.69) is 5.32 Å². The molecule has 1 saturated heterocycles. The van der Waals surface area contributed by atoms with Crippen LogP contribution in [-0.4, -0.2) is 46.2 Å². The third-order valence-corrected chi connectivity index (χ3v) is 3.74. The summed E-state index contributed by atoms with van der Waals surface area (Å²) in [6, 6.07) is 0.144. The summed E-state index contributed by atoms with van der Waals surface area (Å²) < 4.78 is 26.8. The molecule has 1 rings (SSSR count). The molecule has 0 aromatic rings. The summed E-state index contributed by atoms with van der Waals surface area (Å²) in [7, 11) is -1.10. The van der Waals surface area contributed by atoms with Gasteiger partial charge in [0, 0.05) is 19.7 Å². The molecule has 1 fully saturated rings. The van der Waals surface area contributed by atoms with Gasteiger partial charge in [-0.3, -0.25) is 0 Å². The van der Waals surface area contributed by atoms with Crippen molar-refractivity contribution in [1.82, 2.24) is 5.32 Å². The third kappa shape index (κ3) is 3.08. The summed E-state index contributed by atoms with van der Waals surface area (Å²) in [6.45, 7) is 1.37. The molecule has 0 unspecified atom stereocenters. The van der Waals surface area contributed by atoms with Crippen LogP contribution in [0.25, 0.3) is 0 Å². The van der Waals surface area contributed by atoms with Crippen LogP contribution in [0, 0.1) is 0 Å². The maximum absolute atomic E-state index is 11.0. The van der Waals surface area contributed by atoms with E-state index >= 15 is 0 Å². The molecule has 0 saturated carbocycles. The zero-order valence-electron chi connectivity index (χ0n) is 7.25. The lowest BCUT2D eigenvalue weighted by Gasteiger charge is -2.08. The number of hydrogen-bond donors (Lipinski definition) is 1. The third-order valence-electron chi connectivity index (χ3n) is 1.97. The van der Waals surface area contributed by atoms with Gasteiger partial charge in [0.2, 0.25) is 0 Å². The van der Waals surface area contributed by atoms with Crippen LogP contribution in [0.4, 0.5) is 0 Å². The lowest BCUT2D eigenvalue weighted by Crippen LogP contribution is -2.32. The number of nitrogens with one attached hydrogen (secondary N) is 1. The first-order chi connectivity index (χ1) is 5.64. The van der Waals surface area contributed by atoms with Crippen LogP contribution in [0.2, 0.25) is 0 Å². The highest BCUT2D eigenvalue weighted by Crippen LogP contribution is 2.10. The van der Waals surface area contributed by atoms with Gasteiger partial charge in [-0.05, 0) is 6.42 Å². The van der Waals surface area contributed by atoms with Gasteiger partial charge in [0.05, 0.1) is 18.1 Å². The maximum Gasteiger partial charge on any atom is 0.151 e. The minimum atomic E-state index is -2.74. The van der Waals surface area contributed by atoms with E-state index in [1.54, 1.807) is 7.11 Å². The summed E-state index contributed by atoms with van der Waals surface area (Å²) >= 11 is 0. The number of hydrogen-bond acceptors (Lipinski definition) is 4. The Morgan fingerprint density at radius 1 is 1.58 bits per heavy atom. The first-order valence-corrected chi connectivity index (χ1v) is 5.89. The number of methoxy groups -OCH3 is 1. The van der Waals surface area contributed by atoms with Crippen LogP contribution in [0.15, 0.2) is 0 Å². The average molecular weight is 193 g/mol. The fourth-order valence-electron chi connectivity index (χ4n) is 1.32. The zero-order valence-corrected chi connectivity index (χ0v) is 8.06.